The van der Waals surface area contributed by atoms with Gasteiger partial charge in [0, 0.05) is 35.3 Å². The predicted octanol–water partition coefficient (Wildman–Crippen LogP) is 3.24. The van der Waals surface area contributed by atoms with Crippen LogP contribution in [-0.4, -0.2) is 32.0 Å². The van der Waals surface area contributed by atoms with Crippen molar-refractivity contribution < 1.29 is 13.2 Å². The fourth-order valence-corrected chi connectivity index (χ4v) is 6.22. The van der Waals surface area contributed by atoms with Crippen molar-refractivity contribution in [3.05, 3.63) is 46.3 Å². The molecule has 1 amide bonds. The first kappa shape index (κ1) is 19.0. The van der Waals surface area contributed by atoms with E-state index < -0.39 is 10.0 Å². The number of carbonyl (C=O) groups is 1. The number of hydrogen-bond donors (Lipinski definition) is 1. The van der Waals surface area contributed by atoms with Crippen molar-refractivity contribution in [3.63, 3.8) is 0 Å². The third-order valence-electron chi connectivity index (χ3n) is 4.97. The average molecular weight is 423 g/mol. The van der Waals surface area contributed by atoms with E-state index in [0.717, 1.165) is 40.2 Å². The van der Waals surface area contributed by atoms with Crippen LogP contribution in [0.1, 0.15) is 28.8 Å². The minimum Gasteiger partial charge on any atom is -0.338 e. The van der Waals surface area contributed by atoms with E-state index >= 15 is 0 Å². The summed E-state index contributed by atoms with van der Waals surface area (Å²) in [6.45, 7) is 1.50. The maximum atomic E-state index is 12.7. The van der Waals surface area contributed by atoms with Crippen molar-refractivity contribution in [2.45, 2.75) is 41.5 Å². The van der Waals surface area contributed by atoms with Gasteiger partial charge in [-0.1, -0.05) is 12.1 Å². The Morgan fingerprint density at radius 3 is 2.70 bits per heavy atom. The second-order valence-corrected chi connectivity index (χ2v) is 11.0. The highest BCUT2D eigenvalue weighted by Gasteiger charge is 2.35. The van der Waals surface area contributed by atoms with Gasteiger partial charge >= 0.3 is 0 Å². The molecule has 0 spiro atoms. The van der Waals surface area contributed by atoms with Crippen LogP contribution in [-0.2, 0) is 34.3 Å². The molecule has 1 N–H and O–H groups in total. The molecule has 4 rings (SSSR count). The largest absolute Gasteiger partial charge is 0.338 e. The van der Waals surface area contributed by atoms with Gasteiger partial charge in [-0.2, -0.15) is 0 Å². The van der Waals surface area contributed by atoms with E-state index in [4.69, 9.17) is 0 Å². The Balaban J connectivity index is 1.44. The highest BCUT2D eigenvalue weighted by Crippen LogP contribution is 2.35. The molecule has 5 nitrogen and oxygen atoms in total. The Kier molecular flexibility index (Phi) is 5.33. The summed E-state index contributed by atoms with van der Waals surface area (Å²) in [5, 5.41) is 0. The Labute approximate surface area is 168 Å². The summed E-state index contributed by atoms with van der Waals surface area (Å²) >= 11 is 2.99. The zero-order valence-electron chi connectivity index (χ0n) is 15.1. The van der Waals surface area contributed by atoms with E-state index in [1.165, 1.54) is 11.3 Å². The van der Waals surface area contributed by atoms with Crippen LogP contribution in [0.25, 0.3) is 0 Å². The second-order valence-electron chi connectivity index (χ2n) is 6.97. The van der Waals surface area contributed by atoms with E-state index in [-0.39, 0.29) is 18.4 Å². The van der Waals surface area contributed by atoms with Crippen LogP contribution in [0, 0.1) is 5.92 Å². The monoisotopic (exact) mass is 422 g/mol. The molecule has 144 valence electrons. The summed E-state index contributed by atoms with van der Waals surface area (Å²) in [6.07, 6.45) is 4.74. The van der Waals surface area contributed by atoms with Crippen LogP contribution >= 0.6 is 23.1 Å². The van der Waals surface area contributed by atoms with Crippen molar-refractivity contribution in [1.29, 1.82) is 0 Å². The van der Waals surface area contributed by atoms with Gasteiger partial charge in [0.25, 0.3) is 0 Å². The molecule has 8 heteroatoms. The van der Waals surface area contributed by atoms with Crippen molar-refractivity contribution >= 4 is 39.0 Å². The molecule has 0 radical (unpaired) electrons. The fraction of sp³-hybridized carbons (Fsp3) is 0.421. The highest BCUT2D eigenvalue weighted by atomic mass is 32.2. The van der Waals surface area contributed by atoms with E-state index in [2.05, 4.69) is 4.72 Å². The molecule has 1 aromatic heterocycles. The van der Waals surface area contributed by atoms with Gasteiger partial charge in [0.15, 0.2) is 0 Å². The van der Waals surface area contributed by atoms with Gasteiger partial charge in [0.1, 0.15) is 4.21 Å². The first-order valence-electron chi connectivity index (χ1n) is 8.99. The van der Waals surface area contributed by atoms with Crippen molar-refractivity contribution in [2.24, 2.45) is 5.92 Å². The van der Waals surface area contributed by atoms with Crippen molar-refractivity contribution in [1.82, 2.24) is 9.62 Å². The van der Waals surface area contributed by atoms with Crippen molar-refractivity contribution in [3.8, 4) is 0 Å². The molecule has 27 heavy (non-hydrogen) atoms. The van der Waals surface area contributed by atoms with E-state index in [1.807, 2.05) is 35.4 Å². The molecule has 0 unspecified atom stereocenters. The number of amides is 1. The number of nitrogens with one attached hydrogen (secondary N) is 1. The standard InChI is InChI=1S/C19H22N2O3S3/c1-25-16-6-2-13(3-7-16)11-20-27(23,24)18-10-15-12-21(9-8-17(15)26-18)19(22)14-4-5-14/h2-3,6-7,10,14,20H,4-5,8-9,11-12H2,1H3. The van der Waals surface area contributed by atoms with E-state index in [9.17, 15) is 13.2 Å². The summed E-state index contributed by atoms with van der Waals surface area (Å²) in [4.78, 5) is 16.4. The molecular formula is C19H22N2O3S3. The highest BCUT2D eigenvalue weighted by molar-refractivity contribution is 7.98. The molecule has 1 aromatic carbocycles. The van der Waals surface area contributed by atoms with E-state index in [0.29, 0.717) is 17.3 Å². The maximum absolute atomic E-state index is 12.7. The number of fused-ring (bicyclic) bond motifs is 1. The fourth-order valence-electron chi connectivity index (χ4n) is 3.21. The van der Waals surface area contributed by atoms with Gasteiger partial charge in [-0.05, 0) is 54.8 Å². The average Bonchev–Trinajstić information content (AvgIpc) is 3.44. The first-order valence-corrected chi connectivity index (χ1v) is 12.5. The number of carbonyl (C=O) groups excluding carboxylic acids is 1. The number of nitrogens with zero attached hydrogens (tertiary/aromatic N) is 1. The van der Waals surface area contributed by atoms with Gasteiger partial charge in [0.05, 0.1) is 0 Å². The maximum Gasteiger partial charge on any atom is 0.250 e. The topological polar surface area (TPSA) is 66.5 Å². The van der Waals surface area contributed by atoms with Crippen LogP contribution in [0.2, 0.25) is 0 Å². The summed E-state index contributed by atoms with van der Waals surface area (Å²) < 4.78 is 28.4. The second kappa shape index (κ2) is 7.58. The molecule has 1 saturated carbocycles. The molecule has 1 fully saturated rings. The zero-order chi connectivity index (χ0) is 19.0. The zero-order valence-corrected chi connectivity index (χ0v) is 17.6. The predicted molar refractivity (Wildman–Crippen MR) is 108 cm³/mol. The van der Waals surface area contributed by atoms with Crippen molar-refractivity contribution in [2.75, 3.05) is 12.8 Å². The number of thioether (sulfide) groups is 1. The Bertz CT molecular complexity index is 947. The Hall–Kier alpha value is -1.35. The number of sulfonamides is 1. The number of hydrogen-bond acceptors (Lipinski definition) is 5. The lowest BCUT2D eigenvalue weighted by molar-refractivity contribution is -0.133. The van der Waals surface area contributed by atoms with Gasteiger partial charge in [-0.15, -0.1) is 23.1 Å². The quantitative estimate of drug-likeness (QED) is 0.726. The Morgan fingerprint density at radius 1 is 1.30 bits per heavy atom. The smallest absolute Gasteiger partial charge is 0.250 e. The molecule has 2 aliphatic rings. The van der Waals surface area contributed by atoms with Gasteiger partial charge in [-0.3, -0.25) is 4.79 Å². The number of thiophene rings is 1. The normalized spacial score (nSPS) is 17.0. The number of rotatable bonds is 6. The molecule has 2 heterocycles. The lowest BCUT2D eigenvalue weighted by Crippen LogP contribution is -2.36. The lowest BCUT2D eigenvalue weighted by atomic mass is 10.1. The van der Waals surface area contributed by atoms with Gasteiger partial charge in [0.2, 0.25) is 15.9 Å². The Morgan fingerprint density at radius 2 is 2.04 bits per heavy atom. The minimum atomic E-state index is -3.55. The van der Waals surface area contributed by atoms with Gasteiger partial charge < -0.3 is 4.90 Å². The third kappa shape index (κ3) is 4.23. The van der Waals surface area contributed by atoms with Crippen LogP contribution in [0.3, 0.4) is 0 Å². The van der Waals surface area contributed by atoms with E-state index in [1.54, 1.807) is 17.8 Å². The first-order chi connectivity index (χ1) is 13.0. The lowest BCUT2D eigenvalue weighted by Gasteiger charge is -2.26. The molecule has 0 atom stereocenters. The molecule has 1 aliphatic heterocycles. The van der Waals surface area contributed by atoms with Crippen LogP contribution in [0.4, 0.5) is 0 Å². The molecule has 1 aliphatic carbocycles. The summed E-state index contributed by atoms with van der Waals surface area (Å²) in [6, 6.07) is 9.60. The van der Waals surface area contributed by atoms with Gasteiger partial charge in [-0.25, -0.2) is 13.1 Å². The number of benzene rings is 1. The third-order valence-corrected chi connectivity index (χ3v) is 8.83. The summed E-state index contributed by atoms with van der Waals surface area (Å²) in [7, 11) is -3.55. The summed E-state index contributed by atoms with van der Waals surface area (Å²) in [5.74, 6) is 0.427. The molecule has 0 bridgehead atoms. The molecule has 0 saturated heterocycles. The van der Waals surface area contributed by atoms with Crippen LogP contribution in [0.5, 0.6) is 0 Å². The van der Waals surface area contributed by atoms with Crippen LogP contribution < -0.4 is 4.72 Å². The minimum absolute atomic E-state index is 0.201. The van der Waals surface area contributed by atoms with Crippen LogP contribution in [0.15, 0.2) is 39.4 Å². The molecular weight excluding hydrogens is 400 g/mol. The molecule has 2 aromatic rings. The SMILES string of the molecule is CSc1ccc(CNS(=O)(=O)c2cc3c(s2)CCN(C(=O)C2CC2)C3)cc1. The summed E-state index contributed by atoms with van der Waals surface area (Å²) in [5.41, 5.74) is 1.91.